The van der Waals surface area contributed by atoms with E-state index in [1.165, 1.54) is 6.07 Å². The van der Waals surface area contributed by atoms with Gasteiger partial charge in [-0.25, -0.2) is 9.18 Å². The van der Waals surface area contributed by atoms with Crippen LogP contribution in [-0.4, -0.2) is 86.3 Å². The van der Waals surface area contributed by atoms with E-state index in [9.17, 15) is 9.18 Å². The van der Waals surface area contributed by atoms with Crippen LogP contribution >= 0.6 is 0 Å². The van der Waals surface area contributed by atoms with E-state index in [2.05, 4.69) is 15.1 Å². The van der Waals surface area contributed by atoms with Gasteiger partial charge in [-0.05, 0) is 12.1 Å². The number of para-hydroxylation sites is 1. The van der Waals surface area contributed by atoms with E-state index in [1.807, 2.05) is 0 Å². The predicted molar refractivity (Wildman–Crippen MR) is 90.7 cm³/mol. The van der Waals surface area contributed by atoms with Crippen LogP contribution in [0.1, 0.15) is 0 Å². The molecular formula is C17H25FN4O2. The maximum Gasteiger partial charge on any atom is 0.322 e. The molecule has 24 heavy (non-hydrogen) atoms. The summed E-state index contributed by atoms with van der Waals surface area (Å²) >= 11 is 0. The fraction of sp³-hybridized carbons (Fsp3) is 0.588. The topological polar surface area (TPSA) is 48.1 Å². The maximum atomic E-state index is 13.6. The highest BCUT2D eigenvalue weighted by molar-refractivity contribution is 5.89. The summed E-state index contributed by atoms with van der Waals surface area (Å²) in [5.41, 5.74) is 0.234. The number of rotatable bonds is 4. The second-order valence-electron chi connectivity index (χ2n) is 6.19. The Hall–Kier alpha value is -1.70. The molecule has 3 rings (SSSR count). The molecule has 0 aliphatic carbocycles. The van der Waals surface area contributed by atoms with Crippen LogP contribution in [0.5, 0.6) is 0 Å². The maximum absolute atomic E-state index is 13.6. The van der Waals surface area contributed by atoms with Gasteiger partial charge in [-0.2, -0.15) is 0 Å². The quantitative estimate of drug-likeness (QED) is 0.901. The average Bonchev–Trinajstić information content (AvgIpc) is 2.63. The molecular weight excluding hydrogens is 311 g/mol. The van der Waals surface area contributed by atoms with E-state index < -0.39 is 5.82 Å². The van der Waals surface area contributed by atoms with Gasteiger partial charge in [0.25, 0.3) is 0 Å². The number of piperazine rings is 1. The third-order valence-electron chi connectivity index (χ3n) is 4.61. The minimum atomic E-state index is -0.407. The molecule has 1 N–H and O–H groups in total. The van der Waals surface area contributed by atoms with Crippen LogP contribution in [0.4, 0.5) is 14.9 Å². The lowest BCUT2D eigenvalue weighted by molar-refractivity contribution is 0.0311. The van der Waals surface area contributed by atoms with E-state index in [-0.39, 0.29) is 11.7 Å². The minimum Gasteiger partial charge on any atom is -0.379 e. The van der Waals surface area contributed by atoms with Crippen LogP contribution in [0.3, 0.4) is 0 Å². The SMILES string of the molecule is O=C(Nc1ccccc1F)N1CCN(CCN2CCOCC2)CC1. The number of morpholine rings is 1. The molecule has 1 aromatic carbocycles. The van der Waals surface area contributed by atoms with Crippen molar-refractivity contribution in [3.63, 3.8) is 0 Å². The first-order valence-electron chi connectivity index (χ1n) is 8.55. The Balaban J connectivity index is 1.39. The number of halogens is 1. The molecule has 2 saturated heterocycles. The summed E-state index contributed by atoms with van der Waals surface area (Å²) in [7, 11) is 0. The second-order valence-corrected chi connectivity index (χ2v) is 6.19. The van der Waals surface area contributed by atoms with Gasteiger partial charge in [0.2, 0.25) is 0 Å². The van der Waals surface area contributed by atoms with Crippen LogP contribution in [-0.2, 0) is 4.74 Å². The van der Waals surface area contributed by atoms with E-state index >= 15 is 0 Å². The smallest absolute Gasteiger partial charge is 0.322 e. The standard InChI is InChI=1S/C17H25FN4O2/c18-15-3-1-2-4-16(15)19-17(23)22-9-7-20(8-10-22)5-6-21-11-13-24-14-12-21/h1-4H,5-14H2,(H,19,23). The third kappa shape index (κ3) is 4.66. The van der Waals surface area contributed by atoms with Crippen molar-refractivity contribution >= 4 is 11.7 Å². The predicted octanol–water partition coefficient (Wildman–Crippen LogP) is 1.31. The Kier molecular flexibility index (Phi) is 6.01. The van der Waals surface area contributed by atoms with Crippen molar-refractivity contribution in [3.8, 4) is 0 Å². The molecule has 7 heteroatoms. The number of carbonyl (C=O) groups is 1. The van der Waals surface area contributed by atoms with Gasteiger partial charge in [0.1, 0.15) is 5.82 Å². The summed E-state index contributed by atoms with van der Waals surface area (Å²) < 4.78 is 19.0. The first-order valence-corrected chi connectivity index (χ1v) is 8.55. The first-order chi connectivity index (χ1) is 11.7. The largest absolute Gasteiger partial charge is 0.379 e. The number of ether oxygens (including phenoxy) is 1. The number of nitrogens with one attached hydrogen (secondary N) is 1. The lowest BCUT2D eigenvalue weighted by Gasteiger charge is -2.36. The molecule has 132 valence electrons. The fourth-order valence-electron chi connectivity index (χ4n) is 3.04. The number of nitrogens with zero attached hydrogens (tertiary/aromatic N) is 3. The van der Waals surface area contributed by atoms with Gasteiger partial charge in [-0.3, -0.25) is 9.80 Å². The fourth-order valence-corrected chi connectivity index (χ4v) is 3.04. The Morgan fingerprint density at radius 2 is 1.62 bits per heavy atom. The molecule has 0 unspecified atom stereocenters. The van der Waals surface area contributed by atoms with Crippen molar-refractivity contribution in [2.75, 3.05) is 70.9 Å². The van der Waals surface area contributed by atoms with Crippen molar-refractivity contribution in [2.45, 2.75) is 0 Å². The van der Waals surface area contributed by atoms with Gasteiger partial charge in [0.15, 0.2) is 0 Å². The number of urea groups is 1. The monoisotopic (exact) mass is 336 g/mol. The van der Waals surface area contributed by atoms with Crippen molar-refractivity contribution in [2.24, 2.45) is 0 Å². The zero-order valence-corrected chi connectivity index (χ0v) is 13.9. The molecule has 0 bridgehead atoms. The number of carbonyl (C=O) groups excluding carboxylic acids is 1. The van der Waals surface area contributed by atoms with E-state index in [1.54, 1.807) is 23.1 Å². The Morgan fingerprint density at radius 1 is 1.00 bits per heavy atom. The second kappa shape index (κ2) is 8.41. The van der Waals surface area contributed by atoms with Crippen LogP contribution < -0.4 is 5.32 Å². The van der Waals surface area contributed by atoms with Crippen molar-refractivity contribution < 1.29 is 13.9 Å². The lowest BCUT2D eigenvalue weighted by Crippen LogP contribution is -2.51. The molecule has 2 amide bonds. The zero-order chi connectivity index (χ0) is 16.8. The third-order valence-corrected chi connectivity index (χ3v) is 4.61. The lowest BCUT2D eigenvalue weighted by atomic mass is 10.3. The molecule has 0 radical (unpaired) electrons. The molecule has 2 fully saturated rings. The highest BCUT2D eigenvalue weighted by Gasteiger charge is 2.22. The van der Waals surface area contributed by atoms with Crippen molar-refractivity contribution in [3.05, 3.63) is 30.1 Å². The van der Waals surface area contributed by atoms with Crippen molar-refractivity contribution in [1.82, 2.24) is 14.7 Å². The Bertz CT molecular complexity index is 543. The summed E-state index contributed by atoms with van der Waals surface area (Å²) in [6.07, 6.45) is 0. The highest BCUT2D eigenvalue weighted by atomic mass is 19.1. The molecule has 2 aliphatic rings. The summed E-state index contributed by atoms with van der Waals surface area (Å²) in [6, 6.07) is 6.01. The van der Waals surface area contributed by atoms with Gasteiger partial charge >= 0.3 is 6.03 Å². The van der Waals surface area contributed by atoms with Gasteiger partial charge < -0.3 is 15.0 Å². The molecule has 1 aromatic rings. The molecule has 0 aromatic heterocycles. The summed E-state index contributed by atoms with van der Waals surface area (Å²) in [5, 5.41) is 2.65. The average molecular weight is 336 g/mol. The normalized spacial score (nSPS) is 20.1. The molecule has 0 saturated carbocycles. The van der Waals surface area contributed by atoms with E-state index in [4.69, 9.17) is 4.74 Å². The highest BCUT2D eigenvalue weighted by Crippen LogP contribution is 2.14. The van der Waals surface area contributed by atoms with Crippen LogP contribution in [0.2, 0.25) is 0 Å². The van der Waals surface area contributed by atoms with Crippen LogP contribution in [0, 0.1) is 5.82 Å². The molecule has 2 aliphatic heterocycles. The summed E-state index contributed by atoms with van der Waals surface area (Å²) in [4.78, 5) is 18.8. The number of benzene rings is 1. The minimum absolute atomic E-state index is 0.229. The van der Waals surface area contributed by atoms with E-state index in [0.717, 1.165) is 52.5 Å². The van der Waals surface area contributed by atoms with Gasteiger partial charge in [-0.1, -0.05) is 12.1 Å². The Labute approximate surface area is 142 Å². The molecule has 0 spiro atoms. The first kappa shape index (κ1) is 17.1. The van der Waals surface area contributed by atoms with E-state index in [0.29, 0.717) is 13.1 Å². The van der Waals surface area contributed by atoms with Gasteiger partial charge in [0, 0.05) is 52.4 Å². The summed E-state index contributed by atoms with van der Waals surface area (Å²) in [6.45, 7) is 8.77. The number of anilines is 1. The van der Waals surface area contributed by atoms with Gasteiger partial charge in [0.05, 0.1) is 18.9 Å². The number of hydrogen-bond donors (Lipinski definition) is 1. The molecule has 2 heterocycles. The van der Waals surface area contributed by atoms with Gasteiger partial charge in [-0.15, -0.1) is 0 Å². The Morgan fingerprint density at radius 3 is 2.29 bits per heavy atom. The number of amides is 2. The number of hydrogen-bond acceptors (Lipinski definition) is 4. The summed E-state index contributed by atoms with van der Waals surface area (Å²) in [5.74, 6) is -0.407. The van der Waals surface area contributed by atoms with Crippen LogP contribution in [0.15, 0.2) is 24.3 Å². The van der Waals surface area contributed by atoms with Crippen LogP contribution in [0.25, 0.3) is 0 Å². The molecule has 6 nitrogen and oxygen atoms in total. The zero-order valence-electron chi connectivity index (χ0n) is 13.9. The molecule has 0 atom stereocenters. The van der Waals surface area contributed by atoms with Crippen molar-refractivity contribution in [1.29, 1.82) is 0 Å².